The van der Waals surface area contributed by atoms with Crippen LogP contribution in [-0.2, 0) is 9.53 Å². The van der Waals surface area contributed by atoms with Crippen LogP contribution in [0.2, 0.25) is 5.02 Å². The van der Waals surface area contributed by atoms with Crippen LogP contribution in [0.5, 0.6) is 11.5 Å². The van der Waals surface area contributed by atoms with Crippen LogP contribution in [0.1, 0.15) is 37.9 Å². The Balaban J connectivity index is 1.91. The Bertz CT molecular complexity index is 1540. The van der Waals surface area contributed by atoms with Gasteiger partial charge >= 0.3 is 5.97 Å². The molecular formula is C28H27ClN2O5S. The molecule has 0 saturated heterocycles. The Labute approximate surface area is 223 Å². The molecule has 3 aromatic rings. The minimum absolute atomic E-state index is 0.207. The van der Waals surface area contributed by atoms with Gasteiger partial charge in [-0.05, 0) is 62.7 Å². The van der Waals surface area contributed by atoms with Crippen LogP contribution in [0.3, 0.4) is 0 Å². The van der Waals surface area contributed by atoms with Gasteiger partial charge in [0.25, 0.3) is 5.56 Å². The summed E-state index contributed by atoms with van der Waals surface area (Å²) in [6.45, 7) is 10.1. The first-order chi connectivity index (χ1) is 17.9. The van der Waals surface area contributed by atoms with E-state index in [1.54, 1.807) is 48.8 Å². The van der Waals surface area contributed by atoms with E-state index in [9.17, 15) is 9.59 Å². The van der Waals surface area contributed by atoms with Gasteiger partial charge in [-0.25, -0.2) is 9.79 Å². The highest BCUT2D eigenvalue weighted by atomic mass is 35.5. The molecule has 0 bridgehead atoms. The number of nitrogens with zero attached hydrogens (tertiary/aromatic N) is 2. The topological polar surface area (TPSA) is 79.1 Å². The number of ether oxygens (including phenoxy) is 3. The SMILES string of the molecule is C=CCOc1ccc(Cl)cc1/C=c1\sc2n(c1=O)[C@H](c1ccc(OCC)cc1)C(C(=O)OCC)=C(C)N=2. The molecule has 7 nitrogen and oxygen atoms in total. The molecule has 37 heavy (non-hydrogen) atoms. The summed E-state index contributed by atoms with van der Waals surface area (Å²) < 4.78 is 18.6. The molecule has 0 fully saturated rings. The van der Waals surface area contributed by atoms with Gasteiger partial charge in [-0.15, -0.1) is 0 Å². The number of carbonyl (C=O) groups is 1. The molecule has 0 spiro atoms. The number of aromatic nitrogens is 1. The fourth-order valence-electron chi connectivity index (χ4n) is 4.07. The van der Waals surface area contributed by atoms with Crippen LogP contribution in [-0.4, -0.2) is 30.4 Å². The summed E-state index contributed by atoms with van der Waals surface area (Å²) in [7, 11) is 0. The molecule has 0 N–H and O–H groups in total. The van der Waals surface area contributed by atoms with Crippen LogP contribution >= 0.6 is 22.9 Å². The molecule has 0 amide bonds. The van der Waals surface area contributed by atoms with Gasteiger partial charge in [-0.3, -0.25) is 9.36 Å². The zero-order valence-electron chi connectivity index (χ0n) is 20.8. The van der Waals surface area contributed by atoms with Crippen molar-refractivity contribution in [3.63, 3.8) is 0 Å². The highest BCUT2D eigenvalue weighted by Gasteiger charge is 2.33. The molecule has 1 aliphatic rings. The second-order valence-electron chi connectivity index (χ2n) is 8.09. The average molecular weight is 539 g/mol. The number of carbonyl (C=O) groups excluding carboxylic acids is 1. The van der Waals surface area contributed by atoms with E-state index in [4.69, 9.17) is 25.8 Å². The summed E-state index contributed by atoms with van der Waals surface area (Å²) in [5.74, 6) is 0.763. The van der Waals surface area contributed by atoms with Gasteiger partial charge in [0.1, 0.15) is 18.1 Å². The minimum Gasteiger partial charge on any atom is -0.494 e. The molecule has 0 saturated carbocycles. The summed E-state index contributed by atoms with van der Waals surface area (Å²) >= 11 is 7.47. The van der Waals surface area contributed by atoms with Crippen molar-refractivity contribution in [3.05, 3.63) is 102 Å². The van der Waals surface area contributed by atoms with Crippen LogP contribution in [0, 0.1) is 0 Å². The summed E-state index contributed by atoms with van der Waals surface area (Å²) in [5, 5.41) is 0.512. The average Bonchev–Trinajstić information content (AvgIpc) is 3.18. The van der Waals surface area contributed by atoms with E-state index in [-0.39, 0.29) is 12.2 Å². The van der Waals surface area contributed by atoms with Crippen molar-refractivity contribution in [2.24, 2.45) is 4.99 Å². The van der Waals surface area contributed by atoms with Crippen LogP contribution in [0.15, 0.2) is 76.2 Å². The lowest BCUT2D eigenvalue weighted by Crippen LogP contribution is -2.39. The number of halogens is 1. The number of hydrogen-bond acceptors (Lipinski definition) is 7. The van der Waals surface area contributed by atoms with Crippen molar-refractivity contribution >= 4 is 35.0 Å². The molecule has 1 aliphatic heterocycles. The van der Waals surface area contributed by atoms with E-state index in [0.29, 0.717) is 55.9 Å². The highest BCUT2D eigenvalue weighted by Crippen LogP contribution is 2.32. The largest absolute Gasteiger partial charge is 0.494 e. The predicted molar refractivity (Wildman–Crippen MR) is 145 cm³/mol. The van der Waals surface area contributed by atoms with Gasteiger partial charge in [0.05, 0.1) is 35.1 Å². The summed E-state index contributed by atoms with van der Waals surface area (Å²) in [6.07, 6.45) is 3.37. The number of thiazole rings is 1. The summed E-state index contributed by atoms with van der Waals surface area (Å²) in [5.41, 5.74) is 1.93. The first-order valence-electron chi connectivity index (χ1n) is 11.8. The van der Waals surface area contributed by atoms with E-state index in [1.807, 2.05) is 31.2 Å². The second-order valence-corrected chi connectivity index (χ2v) is 9.53. The number of benzene rings is 2. The summed E-state index contributed by atoms with van der Waals surface area (Å²) in [6, 6.07) is 11.8. The van der Waals surface area contributed by atoms with E-state index >= 15 is 0 Å². The quantitative estimate of drug-likeness (QED) is 0.298. The van der Waals surface area contributed by atoms with Gasteiger partial charge in [0.15, 0.2) is 4.80 Å². The smallest absolute Gasteiger partial charge is 0.338 e. The Morgan fingerprint density at radius 3 is 2.59 bits per heavy atom. The van der Waals surface area contributed by atoms with Gasteiger partial charge in [0.2, 0.25) is 0 Å². The summed E-state index contributed by atoms with van der Waals surface area (Å²) in [4.78, 5) is 31.9. The Kier molecular flexibility index (Phi) is 8.31. The zero-order valence-corrected chi connectivity index (χ0v) is 22.4. The molecule has 9 heteroatoms. The molecule has 0 aliphatic carbocycles. The maximum absolute atomic E-state index is 13.8. The molecule has 2 aromatic carbocycles. The Hall–Kier alpha value is -3.62. The van der Waals surface area contributed by atoms with Crippen LogP contribution in [0.25, 0.3) is 6.08 Å². The fourth-order valence-corrected chi connectivity index (χ4v) is 5.29. The lowest BCUT2D eigenvalue weighted by atomic mass is 9.96. The second kappa shape index (κ2) is 11.6. The van der Waals surface area contributed by atoms with Gasteiger partial charge in [-0.2, -0.15) is 0 Å². The number of esters is 1. The standard InChI is InChI=1S/C28H27ClN2O5S/c1-5-14-36-22-13-10-20(29)15-19(22)16-23-26(32)31-25(18-8-11-21(12-9-18)34-6-2)24(27(33)35-7-3)17(4)30-28(31)37-23/h5,8-13,15-16,25H,1,6-7,14H2,2-4H3/b23-16-/t25-/m1/s1. The highest BCUT2D eigenvalue weighted by molar-refractivity contribution is 7.07. The Morgan fingerprint density at radius 2 is 1.92 bits per heavy atom. The first kappa shape index (κ1) is 26.4. The number of rotatable bonds is 9. The van der Waals surface area contributed by atoms with E-state index in [0.717, 1.165) is 5.56 Å². The third-order valence-corrected chi connectivity index (χ3v) is 6.86. The van der Waals surface area contributed by atoms with Crippen molar-refractivity contribution in [1.82, 2.24) is 4.57 Å². The molecule has 1 aromatic heterocycles. The molecule has 4 rings (SSSR count). The lowest BCUT2D eigenvalue weighted by Gasteiger charge is -2.24. The molecule has 0 radical (unpaired) electrons. The molecule has 192 valence electrons. The number of fused-ring (bicyclic) bond motifs is 1. The fraction of sp³-hybridized carbons (Fsp3) is 0.250. The van der Waals surface area contributed by atoms with E-state index in [2.05, 4.69) is 11.6 Å². The number of allylic oxidation sites excluding steroid dienone is 1. The van der Waals surface area contributed by atoms with Crippen molar-refractivity contribution in [3.8, 4) is 11.5 Å². The third kappa shape index (κ3) is 5.55. The van der Waals surface area contributed by atoms with Gasteiger partial charge in [0, 0.05) is 10.6 Å². The zero-order chi connectivity index (χ0) is 26.5. The minimum atomic E-state index is -0.705. The van der Waals surface area contributed by atoms with Crippen molar-refractivity contribution in [1.29, 1.82) is 0 Å². The molecular weight excluding hydrogens is 512 g/mol. The Morgan fingerprint density at radius 1 is 1.16 bits per heavy atom. The first-order valence-corrected chi connectivity index (χ1v) is 13.0. The third-order valence-electron chi connectivity index (χ3n) is 5.64. The van der Waals surface area contributed by atoms with Crippen molar-refractivity contribution in [2.45, 2.75) is 26.8 Å². The monoisotopic (exact) mass is 538 g/mol. The normalized spacial score (nSPS) is 15.1. The van der Waals surface area contributed by atoms with Crippen molar-refractivity contribution < 1.29 is 19.0 Å². The lowest BCUT2D eigenvalue weighted by molar-refractivity contribution is -0.139. The molecule has 2 heterocycles. The number of hydrogen-bond donors (Lipinski definition) is 0. The molecule has 0 unspecified atom stereocenters. The van der Waals surface area contributed by atoms with E-state index in [1.165, 1.54) is 11.3 Å². The van der Waals surface area contributed by atoms with Gasteiger partial charge in [-0.1, -0.05) is 47.7 Å². The predicted octanol–water partition coefficient (Wildman–Crippen LogP) is 4.42. The van der Waals surface area contributed by atoms with Crippen molar-refractivity contribution in [2.75, 3.05) is 19.8 Å². The van der Waals surface area contributed by atoms with E-state index < -0.39 is 12.0 Å². The maximum Gasteiger partial charge on any atom is 0.338 e. The molecule has 1 atom stereocenters. The van der Waals surface area contributed by atoms with Gasteiger partial charge < -0.3 is 14.2 Å². The van der Waals surface area contributed by atoms with Crippen LogP contribution < -0.4 is 24.4 Å². The van der Waals surface area contributed by atoms with Crippen LogP contribution in [0.4, 0.5) is 0 Å². The maximum atomic E-state index is 13.8.